The minimum Gasteiger partial charge on any atom is -0.448 e. The molecule has 1 amide bonds. The Labute approximate surface area is 140 Å². The summed E-state index contributed by atoms with van der Waals surface area (Å²) in [4.78, 5) is 16.7. The van der Waals surface area contributed by atoms with Gasteiger partial charge in [0.2, 0.25) is 0 Å². The average Bonchev–Trinajstić information content (AvgIpc) is 2.62. The first kappa shape index (κ1) is 17.0. The Bertz CT molecular complexity index is 365. The number of carbonyl (C=O) groups is 1. The molecule has 23 heavy (non-hydrogen) atoms. The molecule has 5 heteroatoms. The fourth-order valence-corrected chi connectivity index (χ4v) is 4.08. The van der Waals surface area contributed by atoms with E-state index in [4.69, 9.17) is 9.47 Å². The van der Waals surface area contributed by atoms with Gasteiger partial charge in [-0.2, -0.15) is 0 Å². The topological polar surface area (TPSA) is 42.0 Å². The van der Waals surface area contributed by atoms with E-state index < -0.39 is 0 Å². The molecule has 0 aromatic rings. The SMILES string of the molecule is O=C(OCC1CCCCN1CC1CCOCC1)N1CCCCC1. The molecule has 0 aromatic carbocycles. The van der Waals surface area contributed by atoms with Crippen LogP contribution in [0.1, 0.15) is 51.4 Å². The van der Waals surface area contributed by atoms with Crippen molar-refractivity contribution >= 4 is 6.09 Å². The third-order valence-corrected chi connectivity index (χ3v) is 5.60. The number of likely N-dealkylation sites (tertiary alicyclic amines) is 2. The fraction of sp³-hybridized carbons (Fsp3) is 0.944. The molecule has 0 bridgehead atoms. The van der Waals surface area contributed by atoms with Crippen molar-refractivity contribution < 1.29 is 14.3 Å². The zero-order chi connectivity index (χ0) is 15.9. The molecule has 1 unspecified atom stereocenters. The zero-order valence-electron chi connectivity index (χ0n) is 14.4. The Hall–Kier alpha value is -0.810. The molecule has 3 heterocycles. The Morgan fingerprint density at radius 1 is 0.957 bits per heavy atom. The van der Waals surface area contributed by atoms with Crippen LogP contribution in [0.4, 0.5) is 4.79 Å². The van der Waals surface area contributed by atoms with Crippen molar-refractivity contribution in [1.29, 1.82) is 0 Å². The largest absolute Gasteiger partial charge is 0.448 e. The second-order valence-electron chi connectivity index (χ2n) is 7.32. The molecule has 0 N–H and O–H groups in total. The fourth-order valence-electron chi connectivity index (χ4n) is 4.08. The molecular weight excluding hydrogens is 292 g/mol. The summed E-state index contributed by atoms with van der Waals surface area (Å²) in [5.41, 5.74) is 0. The summed E-state index contributed by atoms with van der Waals surface area (Å²) in [6, 6.07) is 0.417. The third-order valence-electron chi connectivity index (χ3n) is 5.60. The highest BCUT2D eigenvalue weighted by atomic mass is 16.6. The van der Waals surface area contributed by atoms with Crippen LogP contribution in [0, 0.1) is 5.92 Å². The number of ether oxygens (including phenoxy) is 2. The first-order chi connectivity index (χ1) is 11.3. The predicted octanol–water partition coefficient (Wildman–Crippen LogP) is 2.89. The van der Waals surface area contributed by atoms with E-state index >= 15 is 0 Å². The monoisotopic (exact) mass is 324 g/mol. The second kappa shape index (κ2) is 8.88. The second-order valence-corrected chi connectivity index (χ2v) is 7.32. The molecule has 0 saturated carbocycles. The quantitative estimate of drug-likeness (QED) is 0.797. The first-order valence-corrected chi connectivity index (χ1v) is 9.56. The van der Waals surface area contributed by atoms with Gasteiger partial charge in [0.05, 0.1) is 0 Å². The molecule has 0 spiro atoms. The molecule has 132 valence electrons. The van der Waals surface area contributed by atoms with Gasteiger partial charge in [0.15, 0.2) is 0 Å². The minimum absolute atomic E-state index is 0.0960. The Kier molecular flexibility index (Phi) is 6.57. The predicted molar refractivity (Wildman–Crippen MR) is 89.5 cm³/mol. The van der Waals surface area contributed by atoms with E-state index in [2.05, 4.69) is 4.90 Å². The number of nitrogens with zero attached hydrogens (tertiary/aromatic N) is 2. The summed E-state index contributed by atoms with van der Waals surface area (Å²) in [5, 5.41) is 0. The van der Waals surface area contributed by atoms with Crippen molar-refractivity contribution in [2.75, 3.05) is 46.0 Å². The van der Waals surface area contributed by atoms with Gasteiger partial charge in [0, 0.05) is 38.9 Å². The first-order valence-electron chi connectivity index (χ1n) is 9.56. The average molecular weight is 324 g/mol. The van der Waals surface area contributed by atoms with Gasteiger partial charge in [0.25, 0.3) is 0 Å². The maximum absolute atomic E-state index is 12.2. The van der Waals surface area contributed by atoms with Crippen LogP contribution in [0.3, 0.4) is 0 Å². The van der Waals surface area contributed by atoms with Crippen LogP contribution < -0.4 is 0 Å². The lowest BCUT2D eigenvalue weighted by Crippen LogP contribution is -2.46. The molecule has 0 radical (unpaired) electrons. The molecule has 1 atom stereocenters. The molecule has 3 rings (SSSR count). The minimum atomic E-state index is -0.0960. The van der Waals surface area contributed by atoms with Gasteiger partial charge >= 0.3 is 6.09 Å². The lowest BCUT2D eigenvalue weighted by atomic mass is 9.96. The van der Waals surface area contributed by atoms with E-state index in [1.165, 1.54) is 32.1 Å². The summed E-state index contributed by atoms with van der Waals surface area (Å²) < 4.78 is 11.1. The number of hydrogen-bond donors (Lipinski definition) is 0. The maximum atomic E-state index is 12.2. The van der Waals surface area contributed by atoms with Crippen molar-refractivity contribution in [3.05, 3.63) is 0 Å². The van der Waals surface area contributed by atoms with Gasteiger partial charge in [0.1, 0.15) is 6.61 Å². The van der Waals surface area contributed by atoms with Gasteiger partial charge in [-0.15, -0.1) is 0 Å². The lowest BCUT2D eigenvalue weighted by Gasteiger charge is -2.38. The van der Waals surface area contributed by atoms with Crippen LogP contribution in [-0.2, 0) is 9.47 Å². The highest BCUT2D eigenvalue weighted by molar-refractivity contribution is 5.67. The van der Waals surface area contributed by atoms with Gasteiger partial charge in [-0.3, -0.25) is 4.90 Å². The van der Waals surface area contributed by atoms with Gasteiger partial charge in [-0.25, -0.2) is 4.79 Å². The van der Waals surface area contributed by atoms with E-state index in [1.54, 1.807) is 0 Å². The van der Waals surface area contributed by atoms with E-state index in [1.807, 2.05) is 4.90 Å². The van der Waals surface area contributed by atoms with Crippen LogP contribution in [-0.4, -0.2) is 67.9 Å². The van der Waals surface area contributed by atoms with E-state index in [0.717, 1.165) is 64.6 Å². The molecule has 0 aromatic heterocycles. The molecule has 5 nitrogen and oxygen atoms in total. The molecule has 3 saturated heterocycles. The normalized spacial score (nSPS) is 27.8. The molecule has 3 aliphatic rings. The standard InChI is InChI=1S/C18H32N2O3/c21-18(19-9-3-1-4-10-19)23-15-17-6-2-5-11-20(17)14-16-7-12-22-13-8-16/h16-17H,1-15H2. The van der Waals surface area contributed by atoms with Crippen LogP contribution in [0.15, 0.2) is 0 Å². The maximum Gasteiger partial charge on any atom is 0.409 e. The number of rotatable bonds is 4. The van der Waals surface area contributed by atoms with Gasteiger partial charge in [-0.1, -0.05) is 6.42 Å². The molecular formula is C18H32N2O3. The number of piperidine rings is 2. The number of amides is 1. The summed E-state index contributed by atoms with van der Waals surface area (Å²) in [6.45, 7) is 6.43. The molecule has 3 aliphatic heterocycles. The highest BCUT2D eigenvalue weighted by Gasteiger charge is 2.28. The van der Waals surface area contributed by atoms with Crippen molar-refractivity contribution in [2.24, 2.45) is 5.92 Å². The van der Waals surface area contributed by atoms with Crippen LogP contribution in [0.2, 0.25) is 0 Å². The van der Waals surface area contributed by atoms with Crippen LogP contribution >= 0.6 is 0 Å². The van der Waals surface area contributed by atoms with Crippen molar-refractivity contribution in [3.8, 4) is 0 Å². The van der Waals surface area contributed by atoms with Crippen molar-refractivity contribution in [3.63, 3.8) is 0 Å². The Morgan fingerprint density at radius 2 is 1.70 bits per heavy atom. The van der Waals surface area contributed by atoms with Crippen molar-refractivity contribution in [2.45, 2.75) is 57.4 Å². The summed E-state index contributed by atoms with van der Waals surface area (Å²) in [6.07, 6.45) is 9.44. The molecule has 3 fully saturated rings. The smallest absolute Gasteiger partial charge is 0.409 e. The van der Waals surface area contributed by atoms with Crippen LogP contribution in [0.25, 0.3) is 0 Å². The van der Waals surface area contributed by atoms with E-state index in [9.17, 15) is 4.79 Å². The third kappa shape index (κ3) is 5.08. The molecule has 0 aliphatic carbocycles. The summed E-state index contributed by atoms with van der Waals surface area (Å²) in [5.74, 6) is 0.752. The van der Waals surface area contributed by atoms with Crippen LogP contribution in [0.5, 0.6) is 0 Å². The summed E-state index contributed by atoms with van der Waals surface area (Å²) >= 11 is 0. The number of hydrogen-bond acceptors (Lipinski definition) is 4. The van der Waals surface area contributed by atoms with Crippen molar-refractivity contribution in [1.82, 2.24) is 9.80 Å². The summed E-state index contributed by atoms with van der Waals surface area (Å²) in [7, 11) is 0. The van der Waals surface area contributed by atoms with E-state index in [-0.39, 0.29) is 6.09 Å². The zero-order valence-corrected chi connectivity index (χ0v) is 14.4. The van der Waals surface area contributed by atoms with Gasteiger partial charge in [-0.05, 0) is 57.4 Å². The van der Waals surface area contributed by atoms with Gasteiger partial charge < -0.3 is 14.4 Å². The van der Waals surface area contributed by atoms with E-state index in [0.29, 0.717) is 12.6 Å². The Morgan fingerprint density at radius 3 is 2.48 bits per heavy atom. The highest BCUT2D eigenvalue weighted by Crippen LogP contribution is 2.23. The Balaban J connectivity index is 1.44. The number of carbonyl (C=O) groups excluding carboxylic acids is 1. The lowest BCUT2D eigenvalue weighted by molar-refractivity contribution is 0.0172.